The number of methoxy groups -OCH3 is 1. The summed E-state index contributed by atoms with van der Waals surface area (Å²) in [6.45, 7) is 1.46. The minimum absolute atomic E-state index is 0.0771. The lowest BCUT2D eigenvalue weighted by atomic mass is 10.0. The minimum Gasteiger partial charge on any atom is -0.497 e. The van der Waals surface area contributed by atoms with E-state index in [-0.39, 0.29) is 16.2 Å². The van der Waals surface area contributed by atoms with Gasteiger partial charge in [0.1, 0.15) is 5.75 Å². The molecular formula is C41H35N7O6S2. The molecule has 0 unspecified atom stereocenters. The highest BCUT2D eigenvalue weighted by Gasteiger charge is 2.19. The number of ether oxygens (including phenoxy) is 1. The number of hydrogen-bond acceptors (Lipinski definition) is 10. The lowest BCUT2D eigenvalue weighted by Gasteiger charge is -2.10. The summed E-state index contributed by atoms with van der Waals surface area (Å²) in [6, 6.07) is 37.9. The molecule has 0 spiro atoms. The fraction of sp³-hybridized carbons (Fsp3) is 0.0976. The molecule has 0 fully saturated rings. The number of amides is 1. The molecule has 0 radical (unpaired) electrons. The number of rotatable bonds is 8. The Balaban J connectivity index is 0.000000172. The highest BCUT2D eigenvalue weighted by molar-refractivity contribution is 7.90. The first-order valence-electron chi connectivity index (χ1n) is 17.1. The molecule has 0 aliphatic carbocycles. The summed E-state index contributed by atoms with van der Waals surface area (Å²) >= 11 is 0. The zero-order chi connectivity index (χ0) is 39.6. The van der Waals surface area contributed by atoms with E-state index in [1.165, 1.54) is 16.0 Å². The third-order valence-corrected chi connectivity index (χ3v) is 10.5. The van der Waals surface area contributed by atoms with E-state index in [1.807, 2.05) is 103 Å². The van der Waals surface area contributed by atoms with Crippen molar-refractivity contribution in [2.75, 3.05) is 24.9 Å². The summed E-state index contributed by atoms with van der Waals surface area (Å²) in [7, 11) is -5.46. The van der Waals surface area contributed by atoms with Gasteiger partial charge < -0.3 is 10.1 Å². The van der Waals surface area contributed by atoms with Crippen molar-refractivity contribution in [3.05, 3.63) is 134 Å². The van der Waals surface area contributed by atoms with Gasteiger partial charge in [0, 0.05) is 36.2 Å². The van der Waals surface area contributed by atoms with Crippen LogP contribution in [0.4, 0.5) is 5.69 Å². The van der Waals surface area contributed by atoms with E-state index in [0.717, 1.165) is 51.6 Å². The van der Waals surface area contributed by atoms with Crippen molar-refractivity contribution in [3.8, 4) is 50.5 Å². The molecule has 4 aromatic heterocycles. The monoisotopic (exact) mass is 785 g/mol. The molecule has 1 N–H and O–H groups in total. The molecule has 4 aromatic carbocycles. The van der Waals surface area contributed by atoms with Crippen molar-refractivity contribution in [3.63, 3.8) is 0 Å². The molecule has 8 rings (SSSR count). The van der Waals surface area contributed by atoms with Gasteiger partial charge in [0.15, 0.2) is 0 Å². The Morgan fingerprint density at radius 3 is 1.46 bits per heavy atom. The first-order valence-corrected chi connectivity index (χ1v) is 20.9. The van der Waals surface area contributed by atoms with Gasteiger partial charge in [0.05, 0.1) is 41.9 Å². The summed E-state index contributed by atoms with van der Waals surface area (Å²) in [5.41, 5.74) is 8.58. The van der Waals surface area contributed by atoms with Gasteiger partial charge in [-0.15, -0.1) is 0 Å². The molecule has 282 valence electrons. The average molecular weight is 786 g/mol. The van der Waals surface area contributed by atoms with Crippen LogP contribution in [0, 0.1) is 0 Å². The fourth-order valence-electron chi connectivity index (χ4n) is 6.09. The van der Waals surface area contributed by atoms with Gasteiger partial charge in [-0.05, 0) is 82.9 Å². The number of hydrogen-bond donors (Lipinski definition) is 1. The maximum Gasteiger partial charge on any atom is 0.249 e. The molecule has 1 amide bonds. The van der Waals surface area contributed by atoms with Crippen molar-refractivity contribution < 1.29 is 26.4 Å². The second-order valence-electron chi connectivity index (χ2n) is 12.9. The van der Waals surface area contributed by atoms with E-state index >= 15 is 0 Å². The number of benzene rings is 4. The second kappa shape index (κ2) is 15.2. The number of aromatic nitrogens is 6. The number of fused-ring (bicyclic) bond motifs is 2. The first-order chi connectivity index (χ1) is 26.8. The van der Waals surface area contributed by atoms with Crippen LogP contribution >= 0.6 is 0 Å². The Hall–Kier alpha value is -6.71. The van der Waals surface area contributed by atoms with Crippen LogP contribution < -0.4 is 10.1 Å². The number of carbonyl (C=O) groups excluding carboxylic acids is 1. The van der Waals surface area contributed by atoms with Crippen LogP contribution in [0.1, 0.15) is 6.92 Å². The number of nitrogens with one attached hydrogen (secondary N) is 1. The zero-order valence-corrected chi connectivity index (χ0v) is 32.3. The van der Waals surface area contributed by atoms with Crippen LogP contribution in [-0.2, 0) is 24.5 Å². The Morgan fingerprint density at radius 1 is 0.571 bits per heavy atom. The Kier molecular flexibility index (Phi) is 10.2. The van der Waals surface area contributed by atoms with Crippen molar-refractivity contribution in [1.29, 1.82) is 0 Å². The molecule has 56 heavy (non-hydrogen) atoms. The third kappa shape index (κ3) is 8.18. The zero-order valence-electron chi connectivity index (χ0n) is 30.7. The van der Waals surface area contributed by atoms with Crippen LogP contribution in [0.5, 0.6) is 5.75 Å². The predicted octanol–water partition coefficient (Wildman–Crippen LogP) is 6.90. The first kappa shape index (κ1) is 37.6. The summed E-state index contributed by atoms with van der Waals surface area (Å²) in [5.74, 6) is 0.638. The summed E-state index contributed by atoms with van der Waals surface area (Å²) in [5, 5.41) is 10.7. The molecule has 0 atom stereocenters. The van der Waals surface area contributed by atoms with E-state index in [2.05, 4.69) is 25.5 Å². The fourth-order valence-corrected chi connectivity index (χ4v) is 7.55. The summed E-state index contributed by atoms with van der Waals surface area (Å²) in [4.78, 5) is 20.1. The number of sulfone groups is 2. The summed E-state index contributed by atoms with van der Waals surface area (Å²) < 4.78 is 56.6. The van der Waals surface area contributed by atoms with Crippen LogP contribution in [0.15, 0.2) is 144 Å². The highest BCUT2D eigenvalue weighted by atomic mass is 32.2. The molecular weight excluding hydrogens is 751 g/mol. The van der Waals surface area contributed by atoms with Crippen LogP contribution in [-0.4, -0.2) is 71.6 Å². The molecule has 15 heteroatoms. The van der Waals surface area contributed by atoms with E-state index < -0.39 is 19.7 Å². The van der Waals surface area contributed by atoms with Gasteiger partial charge in [0.25, 0.3) is 0 Å². The molecule has 0 aliphatic rings. The van der Waals surface area contributed by atoms with Crippen molar-refractivity contribution in [2.45, 2.75) is 17.2 Å². The van der Waals surface area contributed by atoms with E-state index in [4.69, 9.17) is 4.74 Å². The molecule has 4 heterocycles. The third-order valence-electron chi connectivity index (χ3n) is 8.61. The van der Waals surface area contributed by atoms with Crippen LogP contribution in [0.25, 0.3) is 55.8 Å². The highest BCUT2D eigenvalue weighted by Crippen LogP contribution is 2.30. The van der Waals surface area contributed by atoms with Crippen molar-refractivity contribution in [1.82, 2.24) is 29.2 Å². The Morgan fingerprint density at radius 2 is 1.00 bits per heavy atom. The molecule has 0 aliphatic heterocycles. The van der Waals surface area contributed by atoms with Crippen molar-refractivity contribution in [2.24, 2.45) is 0 Å². The Labute approximate surface area is 323 Å². The van der Waals surface area contributed by atoms with Gasteiger partial charge in [-0.3, -0.25) is 4.79 Å². The lowest BCUT2D eigenvalue weighted by molar-refractivity contribution is -0.114. The normalized spacial score (nSPS) is 11.6. The molecule has 0 saturated carbocycles. The molecule has 13 nitrogen and oxygen atoms in total. The van der Waals surface area contributed by atoms with Crippen LogP contribution in [0.2, 0.25) is 0 Å². The largest absolute Gasteiger partial charge is 0.497 e. The topological polar surface area (TPSA) is 167 Å². The van der Waals surface area contributed by atoms with E-state index in [0.29, 0.717) is 28.1 Å². The minimum atomic E-state index is -3.56. The van der Waals surface area contributed by atoms with E-state index in [1.54, 1.807) is 37.7 Å². The number of carbonyl (C=O) groups is 1. The molecule has 8 aromatic rings. The molecule has 0 bridgehead atoms. The predicted molar refractivity (Wildman–Crippen MR) is 215 cm³/mol. The second-order valence-corrected chi connectivity index (χ2v) is 16.7. The van der Waals surface area contributed by atoms with Gasteiger partial charge in [-0.2, -0.15) is 10.2 Å². The number of anilines is 1. The summed E-state index contributed by atoms with van der Waals surface area (Å²) in [6.07, 6.45) is 5.35. The van der Waals surface area contributed by atoms with Crippen LogP contribution in [0.3, 0.4) is 0 Å². The standard InChI is InChI=1S/C21H18N4O3S.C20H17N3O3S/c1-14(26)23-18-8-4-6-16(12-18)15-5-3-7-17(11-15)20-13-19-9-10-22-25(19)21(24-20)29(2,27)28;1-26-18-8-4-6-15(12-18)14-5-3-7-16(11-14)19-13-17-9-10-21-23(17)20(22-19)27(2,24)25/h3-13H,1-2H3,(H,23,26);3-13H,1-2H3. The smallest absolute Gasteiger partial charge is 0.249 e. The van der Waals surface area contributed by atoms with Crippen molar-refractivity contribution >= 4 is 42.3 Å². The van der Waals surface area contributed by atoms with Gasteiger partial charge >= 0.3 is 0 Å². The van der Waals surface area contributed by atoms with E-state index in [9.17, 15) is 21.6 Å². The quantitative estimate of drug-likeness (QED) is 0.160. The number of nitrogens with zero attached hydrogens (tertiary/aromatic N) is 6. The Bertz CT molecular complexity index is 3000. The molecule has 0 saturated heterocycles. The maximum absolute atomic E-state index is 12.2. The lowest BCUT2D eigenvalue weighted by Crippen LogP contribution is -2.09. The van der Waals surface area contributed by atoms with Gasteiger partial charge in [0.2, 0.25) is 35.9 Å². The maximum atomic E-state index is 12.2. The SMILES string of the molecule is CC(=O)Nc1cccc(-c2cccc(-c3cc4ccnn4c(S(C)(=O)=O)n3)c2)c1.COc1cccc(-c2cccc(-c3cc4ccnn4c(S(C)(=O)=O)n3)c2)c1. The average Bonchev–Trinajstić information content (AvgIpc) is 3.87. The van der Waals surface area contributed by atoms with Gasteiger partial charge in [-0.25, -0.2) is 35.8 Å². The van der Waals surface area contributed by atoms with Gasteiger partial charge in [-0.1, -0.05) is 60.7 Å².